The summed E-state index contributed by atoms with van der Waals surface area (Å²) < 4.78 is 12.0. The minimum absolute atomic E-state index is 0.185. The van der Waals surface area contributed by atoms with Crippen LogP contribution in [0.5, 0.6) is 11.5 Å². The smallest absolute Gasteiger partial charge is 0.192 e. The van der Waals surface area contributed by atoms with Gasteiger partial charge in [-0.05, 0) is 67.1 Å². The molecule has 0 saturated carbocycles. The van der Waals surface area contributed by atoms with E-state index in [9.17, 15) is 5.11 Å². The molecular formula is C24H36O3Si. The fourth-order valence-electron chi connectivity index (χ4n) is 3.03. The summed E-state index contributed by atoms with van der Waals surface area (Å²) in [7, 11) is -0.250. The Morgan fingerprint density at radius 3 is 2.11 bits per heavy atom. The maximum atomic E-state index is 9.82. The van der Waals surface area contributed by atoms with Crippen LogP contribution < -0.4 is 4.74 Å². The van der Waals surface area contributed by atoms with Gasteiger partial charge in [0.2, 0.25) is 0 Å². The van der Waals surface area contributed by atoms with Crippen molar-refractivity contribution in [1.82, 2.24) is 0 Å². The lowest BCUT2D eigenvalue weighted by atomic mass is 10.0. The molecule has 0 aliphatic carbocycles. The van der Waals surface area contributed by atoms with Crippen LogP contribution in [0.15, 0.2) is 48.5 Å². The standard InChI is InChI=1S/C24H36O3Si/c1-24(2,3)28(5,6)27-21(15-12-19-10-8-7-9-11-19)16-13-20-14-17-22(25)23(18-20)26-4/h7-11,14,17-18,21,25H,12-13,15-16H2,1-6H3. The summed E-state index contributed by atoms with van der Waals surface area (Å²) in [5, 5.41) is 10.0. The number of rotatable bonds is 9. The normalized spacial score (nSPS) is 13.4. The zero-order valence-electron chi connectivity index (χ0n) is 18.3. The van der Waals surface area contributed by atoms with Crippen molar-refractivity contribution in [2.45, 2.75) is 70.7 Å². The lowest BCUT2D eigenvalue weighted by molar-refractivity contribution is 0.162. The molecular weight excluding hydrogens is 364 g/mol. The molecule has 1 unspecified atom stereocenters. The van der Waals surface area contributed by atoms with Crippen LogP contribution in [0.2, 0.25) is 18.1 Å². The highest BCUT2D eigenvalue weighted by atomic mass is 28.4. The van der Waals surface area contributed by atoms with Crippen molar-refractivity contribution in [1.29, 1.82) is 0 Å². The summed E-state index contributed by atoms with van der Waals surface area (Å²) in [6.07, 6.45) is 4.14. The van der Waals surface area contributed by atoms with Crippen molar-refractivity contribution in [2.75, 3.05) is 7.11 Å². The van der Waals surface area contributed by atoms with E-state index < -0.39 is 8.32 Å². The van der Waals surface area contributed by atoms with Crippen molar-refractivity contribution < 1.29 is 14.3 Å². The Kier molecular flexibility index (Phi) is 7.73. The van der Waals surface area contributed by atoms with Gasteiger partial charge in [0.25, 0.3) is 0 Å². The fourth-order valence-corrected chi connectivity index (χ4v) is 4.46. The van der Waals surface area contributed by atoms with Gasteiger partial charge in [-0.15, -0.1) is 0 Å². The van der Waals surface area contributed by atoms with Crippen LogP contribution in [0, 0.1) is 0 Å². The summed E-state index contributed by atoms with van der Waals surface area (Å²) >= 11 is 0. The molecule has 2 rings (SSSR count). The molecule has 0 saturated heterocycles. The first-order valence-corrected chi connectivity index (χ1v) is 13.1. The second-order valence-electron chi connectivity index (χ2n) is 9.07. The second-order valence-corrected chi connectivity index (χ2v) is 13.8. The molecule has 2 aromatic carbocycles. The van der Waals surface area contributed by atoms with Gasteiger partial charge in [0, 0.05) is 6.10 Å². The van der Waals surface area contributed by atoms with Gasteiger partial charge in [-0.1, -0.05) is 57.2 Å². The highest BCUT2D eigenvalue weighted by Crippen LogP contribution is 2.38. The zero-order chi connectivity index (χ0) is 20.8. The first-order valence-electron chi connectivity index (χ1n) is 10.2. The van der Waals surface area contributed by atoms with E-state index in [4.69, 9.17) is 9.16 Å². The molecule has 0 radical (unpaired) electrons. The number of ether oxygens (including phenoxy) is 1. The number of aryl methyl sites for hydroxylation is 2. The lowest BCUT2D eigenvalue weighted by Crippen LogP contribution is -2.44. The minimum Gasteiger partial charge on any atom is -0.504 e. The van der Waals surface area contributed by atoms with E-state index in [-0.39, 0.29) is 16.9 Å². The maximum absolute atomic E-state index is 9.82. The van der Waals surface area contributed by atoms with Crippen LogP contribution in [-0.2, 0) is 17.3 Å². The monoisotopic (exact) mass is 400 g/mol. The first-order chi connectivity index (χ1) is 13.1. The molecule has 1 N–H and O–H groups in total. The molecule has 0 amide bonds. The van der Waals surface area contributed by atoms with Gasteiger partial charge in [-0.2, -0.15) is 0 Å². The lowest BCUT2D eigenvalue weighted by Gasteiger charge is -2.39. The van der Waals surface area contributed by atoms with Gasteiger partial charge in [-0.25, -0.2) is 0 Å². The highest BCUT2D eigenvalue weighted by Gasteiger charge is 2.38. The van der Waals surface area contributed by atoms with E-state index in [1.165, 1.54) is 5.56 Å². The van der Waals surface area contributed by atoms with Gasteiger partial charge in [0.1, 0.15) is 0 Å². The molecule has 0 heterocycles. The third-order valence-electron chi connectivity index (χ3n) is 5.86. The molecule has 4 heteroatoms. The number of hydrogen-bond acceptors (Lipinski definition) is 3. The summed E-state index contributed by atoms with van der Waals surface area (Å²) in [6, 6.07) is 16.2. The highest BCUT2D eigenvalue weighted by molar-refractivity contribution is 6.74. The first kappa shape index (κ1) is 22.5. The van der Waals surface area contributed by atoms with Crippen molar-refractivity contribution in [3.05, 3.63) is 59.7 Å². The molecule has 1 atom stereocenters. The van der Waals surface area contributed by atoms with Gasteiger partial charge < -0.3 is 14.3 Å². The number of aromatic hydroxyl groups is 1. The molecule has 2 aromatic rings. The van der Waals surface area contributed by atoms with Gasteiger partial charge in [0.05, 0.1) is 7.11 Å². The largest absolute Gasteiger partial charge is 0.504 e. The second kappa shape index (κ2) is 9.62. The van der Waals surface area contributed by atoms with E-state index in [1.807, 2.05) is 12.1 Å². The van der Waals surface area contributed by atoms with Crippen LogP contribution >= 0.6 is 0 Å². The molecule has 0 aliphatic rings. The summed E-state index contributed by atoms with van der Waals surface area (Å²) in [5.41, 5.74) is 2.52. The number of phenolic OH excluding ortho intramolecular Hbond substituents is 1. The predicted octanol–water partition coefficient (Wildman–Crippen LogP) is 6.36. The Balaban J connectivity index is 2.08. The number of hydrogen-bond donors (Lipinski definition) is 1. The Morgan fingerprint density at radius 2 is 1.54 bits per heavy atom. The van der Waals surface area contributed by atoms with Crippen LogP contribution in [0.1, 0.15) is 44.7 Å². The Morgan fingerprint density at radius 1 is 0.929 bits per heavy atom. The van der Waals surface area contributed by atoms with Crippen LogP contribution in [0.3, 0.4) is 0 Å². The average molecular weight is 401 g/mol. The Bertz CT molecular complexity index is 735. The molecule has 0 aromatic heterocycles. The van der Waals surface area contributed by atoms with Crippen LogP contribution in [-0.4, -0.2) is 26.6 Å². The molecule has 3 nitrogen and oxygen atoms in total. The van der Waals surface area contributed by atoms with Gasteiger partial charge in [-0.3, -0.25) is 0 Å². The SMILES string of the molecule is COc1cc(CCC(CCc2ccccc2)O[Si](C)(C)C(C)(C)C)ccc1O. The van der Waals surface area contributed by atoms with Crippen molar-refractivity contribution in [3.63, 3.8) is 0 Å². The number of benzene rings is 2. The Hall–Kier alpha value is -1.78. The van der Waals surface area contributed by atoms with Crippen molar-refractivity contribution in [2.24, 2.45) is 0 Å². The molecule has 0 spiro atoms. The summed E-state index contributed by atoms with van der Waals surface area (Å²) in [6.45, 7) is 11.5. The fraction of sp³-hybridized carbons (Fsp3) is 0.500. The number of methoxy groups -OCH3 is 1. The van der Waals surface area contributed by atoms with Crippen LogP contribution in [0.25, 0.3) is 0 Å². The summed E-state index contributed by atoms with van der Waals surface area (Å²) in [4.78, 5) is 0. The van der Waals surface area contributed by atoms with E-state index in [0.717, 1.165) is 31.2 Å². The van der Waals surface area contributed by atoms with Crippen molar-refractivity contribution >= 4 is 8.32 Å². The maximum Gasteiger partial charge on any atom is 0.192 e. The third kappa shape index (κ3) is 6.38. The predicted molar refractivity (Wildman–Crippen MR) is 120 cm³/mol. The third-order valence-corrected chi connectivity index (χ3v) is 10.4. The molecule has 28 heavy (non-hydrogen) atoms. The van der Waals surface area contributed by atoms with E-state index in [0.29, 0.717) is 5.75 Å². The topological polar surface area (TPSA) is 38.7 Å². The minimum atomic E-state index is -1.84. The van der Waals surface area contributed by atoms with Crippen molar-refractivity contribution in [3.8, 4) is 11.5 Å². The summed E-state index contributed by atoms with van der Waals surface area (Å²) in [5.74, 6) is 0.716. The van der Waals surface area contributed by atoms with Crippen LogP contribution in [0.4, 0.5) is 0 Å². The quantitative estimate of drug-likeness (QED) is 0.498. The van der Waals surface area contributed by atoms with E-state index in [1.54, 1.807) is 13.2 Å². The van der Waals surface area contributed by atoms with E-state index in [2.05, 4.69) is 64.2 Å². The zero-order valence-corrected chi connectivity index (χ0v) is 19.3. The average Bonchev–Trinajstić information content (AvgIpc) is 2.64. The number of phenols is 1. The molecule has 154 valence electrons. The van der Waals surface area contributed by atoms with E-state index >= 15 is 0 Å². The molecule has 0 bridgehead atoms. The molecule has 0 aliphatic heterocycles. The Labute approximate surface area is 171 Å². The van der Waals surface area contributed by atoms with Gasteiger partial charge in [0.15, 0.2) is 19.8 Å². The van der Waals surface area contributed by atoms with Gasteiger partial charge >= 0.3 is 0 Å². The molecule has 0 fully saturated rings.